The number of hydrogen-bond acceptors (Lipinski definition) is 3. The molecule has 0 aliphatic rings. The Labute approximate surface area is 104 Å². The van der Waals surface area contributed by atoms with Gasteiger partial charge in [-0.25, -0.2) is 0 Å². The number of rotatable bonds is 8. The molecule has 0 aromatic heterocycles. The lowest BCUT2D eigenvalue weighted by Gasteiger charge is -2.16. The molecular formula is C14H24N2O. The van der Waals surface area contributed by atoms with Crippen LogP contribution in [0.5, 0.6) is 0 Å². The van der Waals surface area contributed by atoms with Crippen LogP contribution in [0, 0.1) is 6.92 Å². The molecule has 3 N–H and O–H groups in total. The Morgan fingerprint density at radius 3 is 2.76 bits per heavy atom. The zero-order chi connectivity index (χ0) is 12.5. The molecule has 3 heteroatoms. The van der Waals surface area contributed by atoms with Gasteiger partial charge in [-0.15, -0.1) is 0 Å². The number of hydrogen-bond donors (Lipinski definition) is 2. The molecule has 0 amide bonds. The topological polar surface area (TPSA) is 47.3 Å². The molecule has 0 bridgehead atoms. The van der Waals surface area contributed by atoms with E-state index < -0.39 is 0 Å². The summed E-state index contributed by atoms with van der Waals surface area (Å²) in [5.41, 5.74) is 5.56. The van der Waals surface area contributed by atoms with Crippen LogP contribution >= 0.6 is 0 Å². The lowest BCUT2D eigenvalue weighted by atomic mass is 10.0. The normalized spacial score (nSPS) is 12.6. The van der Waals surface area contributed by atoms with Crippen molar-refractivity contribution in [3.63, 3.8) is 0 Å². The van der Waals surface area contributed by atoms with Crippen LogP contribution in [0.15, 0.2) is 24.3 Å². The SMILES string of the molecule is CCCOCC(CCc1ccccc1C)NN. The van der Waals surface area contributed by atoms with Crippen molar-refractivity contribution in [1.29, 1.82) is 0 Å². The van der Waals surface area contributed by atoms with E-state index in [1.54, 1.807) is 0 Å². The highest BCUT2D eigenvalue weighted by atomic mass is 16.5. The number of hydrazine groups is 1. The summed E-state index contributed by atoms with van der Waals surface area (Å²) in [7, 11) is 0. The van der Waals surface area contributed by atoms with E-state index in [2.05, 4.69) is 43.5 Å². The second kappa shape index (κ2) is 8.23. The molecule has 0 saturated heterocycles. The maximum atomic E-state index is 5.53. The van der Waals surface area contributed by atoms with E-state index in [-0.39, 0.29) is 6.04 Å². The molecule has 1 rings (SSSR count). The predicted molar refractivity (Wildman–Crippen MR) is 71.7 cm³/mol. The van der Waals surface area contributed by atoms with E-state index in [4.69, 9.17) is 10.6 Å². The molecule has 0 radical (unpaired) electrons. The van der Waals surface area contributed by atoms with Gasteiger partial charge in [-0.05, 0) is 37.3 Å². The monoisotopic (exact) mass is 236 g/mol. The van der Waals surface area contributed by atoms with Gasteiger partial charge in [0.05, 0.1) is 6.61 Å². The third-order valence-corrected chi connectivity index (χ3v) is 2.93. The van der Waals surface area contributed by atoms with E-state index in [0.717, 1.165) is 25.9 Å². The quantitative estimate of drug-likeness (QED) is 0.413. The highest BCUT2D eigenvalue weighted by Gasteiger charge is 2.07. The van der Waals surface area contributed by atoms with Crippen molar-refractivity contribution >= 4 is 0 Å². The molecule has 17 heavy (non-hydrogen) atoms. The Morgan fingerprint density at radius 1 is 1.35 bits per heavy atom. The third-order valence-electron chi connectivity index (χ3n) is 2.93. The maximum absolute atomic E-state index is 5.53. The fourth-order valence-electron chi connectivity index (χ4n) is 1.81. The van der Waals surface area contributed by atoms with Crippen molar-refractivity contribution in [2.24, 2.45) is 5.84 Å². The third kappa shape index (κ3) is 5.31. The molecule has 0 aliphatic carbocycles. The first-order chi connectivity index (χ1) is 8.27. The molecule has 0 spiro atoms. The summed E-state index contributed by atoms with van der Waals surface area (Å²) in [6, 6.07) is 8.72. The minimum absolute atomic E-state index is 0.237. The van der Waals surface area contributed by atoms with Gasteiger partial charge in [-0.3, -0.25) is 11.3 Å². The molecule has 1 unspecified atom stereocenters. The van der Waals surface area contributed by atoms with E-state index >= 15 is 0 Å². The maximum Gasteiger partial charge on any atom is 0.0633 e. The Morgan fingerprint density at radius 2 is 2.12 bits per heavy atom. The zero-order valence-electron chi connectivity index (χ0n) is 10.9. The molecule has 1 aromatic rings. The molecule has 3 nitrogen and oxygen atoms in total. The van der Waals surface area contributed by atoms with Crippen molar-refractivity contribution < 1.29 is 4.74 Å². The van der Waals surface area contributed by atoms with Crippen LogP contribution < -0.4 is 11.3 Å². The number of aryl methyl sites for hydroxylation is 2. The predicted octanol–water partition coefficient (Wildman–Crippen LogP) is 2.19. The first-order valence-electron chi connectivity index (χ1n) is 6.36. The summed E-state index contributed by atoms with van der Waals surface area (Å²) in [6.07, 6.45) is 3.09. The van der Waals surface area contributed by atoms with Crippen LogP contribution in [0.1, 0.15) is 30.9 Å². The van der Waals surface area contributed by atoms with Gasteiger partial charge in [-0.2, -0.15) is 0 Å². The van der Waals surface area contributed by atoms with Gasteiger partial charge in [0.2, 0.25) is 0 Å². The summed E-state index contributed by atoms with van der Waals surface area (Å²) in [5, 5.41) is 0. The number of benzene rings is 1. The molecule has 0 aliphatic heterocycles. The average molecular weight is 236 g/mol. The lowest BCUT2D eigenvalue weighted by Crippen LogP contribution is -2.39. The Kier molecular flexibility index (Phi) is 6.86. The van der Waals surface area contributed by atoms with Gasteiger partial charge >= 0.3 is 0 Å². The van der Waals surface area contributed by atoms with Gasteiger partial charge in [0.15, 0.2) is 0 Å². The molecule has 96 valence electrons. The van der Waals surface area contributed by atoms with Gasteiger partial charge in [0, 0.05) is 12.6 Å². The average Bonchev–Trinajstić information content (AvgIpc) is 2.35. The smallest absolute Gasteiger partial charge is 0.0633 e. The van der Waals surface area contributed by atoms with Crippen LogP contribution in [0.3, 0.4) is 0 Å². The van der Waals surface area contributed by atoms with E-state index in [1.165, 1.54) is 11.1 Å². The summed E-state index contributed by atoms with van der Waals surface area (Å²) >= 11 is 0. The summed E-state index contributed by atoms with van der Waals surface area (Å²) in [6.45, 7) is 5.75. The van der Waals surface area contributed by atoms with Gasteiger partial charge in [0.25, 0.3) is 0 Å². The highest BCUT2D eigenvalue weighted by Crippen LogP contribution is 2.10. The largest absolute Gasteiger partial charge is 0.380 e. The Hall–Kier alpha value is -0.900. The summed E-state index contributed by atoms with van der Waals surface area (Å²) in [4.78, 5) is 0. The summed E-state index contributed by atoms with van der Waals surface area (Å²) in [5.74, 6) is 5.53. The minimum atomic E-state index is 0.237. The first-order valence-corrected chi connectivity index (χ1v) is 6.36. The molecule has 0 fully saturated rings. The zero-order valence-corrected chi connectivity index (χ0v) is 10.9. The number of nitrogens with one attached hydrogen (secondary N) is 1. The van der Waals surface area contributed by atoms with Gasteiger partial charge in [-0.1, -0.05) is 31.2 Å². The first kappa shape index (κ1) is 14.2. The van der Waals surface area contributed by atoms with Crippen LogP contribution in [-0.4, -0.2) is 19.3 Å². The molecular weight excluding hydrogens is 212 g/mol. The van der Waals surface area contributed by atoms with Crippen LogP contribution in [0.2, 0.25) is 0 Å². The molecule has 1 atom stereocenters. The standard InChI is InChI=1S/C14H24N2O/c1-3-10-17-11-14(16-15)9-8-13-7-5-4-6-12(13)2/h4-7,14,16H,3,8-11,15H2,1-2H3. The lowest BCUT2D eigenvalue weighted by molar-refractivity contribution is 0.109. The van der Waals surface area contributed by atoms with Crippen molar-refractivity contribution in [3.05, 3.63) is 35.4 Å². The number of nitrogens with two attached hydrogens (primary N) is 1. The van der Waals surface area contributed by atoms with E-state index in [1.807, 2.05) is 0 Å². The second-order valence-corrected chi connectivity index (χ2v) is 4.40. The van der Waals surface area contributed by atoms with Crippen LogP contribution in [-0.2, 0) is 11.2 Å². The summed E-state index contributed by atoms with van der Waals surface area (Å²) < 4.78 is 5.51. The van der Waals surface area contributed by atoms with E-state index in [0.29, 0.717) is 6.61 Å². The van der Waals surface area contributed by atoms with Gasteiger partial charge in [0.1, 0.15) is 0 Å². The van der Waals surface area contributed by atoms with Crippen molar-refractivity contribution in [3.8, 4) is 0 Å². The number of ether oxygens (including phenoxy) is 1. The Balaban J connectivity index is 2.34. The van der Waals surface area contributed by atoms with E-state index in [9.17, 15) is 0 Å². The van der Waals surface area contributed by atoms with Crippen molar-refractivity contribution in [2.45, 2.75) is 39.2 Å². The highest BCUT2D eigenvalue weighted by molar-refractivity contribution is 5.25. The van der Waals surface area contributed by atoms with Crippen LogP contribution in [0.25, 0.3) is 0 Å². The minimum Gasteiger partial charge on any atom is -0.380 e. The second-order valence-electron chi connectivity index (χ2n) is 4.40. The molecule has 0 heterocycles. The van der Waals surface area contributed by atoms with Crippen molar-refractivity contribution in [1.82, 2.24) is 5.43 Å². The van der Waals surface area contributed by atoms with Gasteiger partial charge < -0.3 is 4.74 Å². The molecule has 1 aromatic carbocycles. The van der Waals surface area contributed by atoms with Crippen LogP contribution in [0.4, 0.5) is 0 Å². The Bertz CT molecular complexity index is 315. The van der Waals surface area contributed by atoms with Crippen molar-refractivity contribution in [2.75, 3.05) is 13.2 Å². The molecule has 0 saturated carbocycles. The fourth-order valence-corrected chi connectivity index (χ4v) is 1.81. The fraction of sp³-hybridized carbons (Fsp3) is 0.571.